The summed E-state index contributed by atoms with van der Waals surface area (Å²) in [6.07, 6.45) is 0.514. The van der Waals surface area contributed by atoms with Gasteiger partial charge in [-0.3, -0.25) is 4.79 Å². The number of Topliss-reactive ketones (excluding diaryl/α,β-unsaturated/α-hetero) is 1. The third kappa shape index (κ3) is 1.79. The molecular weight excluding hydrogens is 228 g/mol. The second kappa shape index (κ2) is 4.04. The number of hydrogen-bond donors (Lipinski definition) is 0. The van der Waals surface area contributed by atoms with E-state index >= 15 is 0 Å². The van der Waals surface area contributed by atoms with Gasteiger partial charge < -0.3 is 0 Å². The second-order valence-corrected chi connectivity index (χ2v) is 5.31. The molecule has 0 atom stereocenters. The van der Waals surface area contributed by atoms with E-state index in [1.54, 1.807) is 11.8 Å². The van der Waals surface area contributed by atoms with E-state index in [1.807, 2.05) is 30.3 Å². The topological polar surface area (TPSA) is 17.1 Å². The molecule has 0 bridgehead atoms. The fourth-order valence-electron chi connectivity index (χ4n) is 2.14. The van der Waals surface area contributed by atoms with Crippen molar-refractivity contribution >= 4 is 17.5 Å². The first-order chi connectivity index (χ1) is 8.25. The standard InChI is InChI=1S/C15H12OS/c1-10-5-4-7-12-13(16)9-11-6-2-3-8-14(11)17-15(10)12/h2-8H,9H2,1H3. The minimum absolute atomic E-state index is 0.223. The highest BCUT2D eigenvalue weighted by atomic mass is 32.2. The lowest BCUT2D eigenvalue weighted by atomic mass is 10.0. The van der Waals surface area contributed by atoms with Gasteiger partial charge in [0.15, 0.2) is 5.78 Å². The molecule has 0 aromatic heterocycles. The van der Waals surface area contributed by atoms with Gasteiger partial charge in [0.25, 0.3) is 0 Å². The number of rotatable bonds is 0. The lowest BCUT2D eigenvalue weighted by molar-refractivity contribution is 0.0990. The summed E-state index contributed by atoms with van der Waals surface area (Å²) in [6.45, 7) is 2.06. The van der Waals surface area contributed by atoms with Crippen LogP contribution in [0.3, 0.4) is 0 Å². The van der Waals surface area contributed by atoms with Gasteiger partial charge in [0.2, 0.25) is 0 Å². The first-order valence-electron chi connectivity index (χ1n) is 5.64. The number of carbonyl (C=O) groups is 1. The van der Waals surface area contributed by atoms with E-state index in [0.29, 0.717) is 6.42 Å². The van der Waals surface area contributed by atoms with Gasteiger partial charge in [0.1, 0.15) is 0 Å². The van der Waals surface area contributed by atoms with Crippen LogP contribution in [0.1, 0.15) is 21.5 Å². The van der Waals surface area contributed by atoms with Crippen molar-refractivity contribution in [2.75, 3.05) is 0 Å². The molecule has 1 nitrogen and oxygen atoms in total. The van der Waals surface area contributed by atoms with Crippen molar-refractivity contribution in [3.63, 3.8) is 0 Å². The summed E-state index contributed by atoms with van der Waals surface area (Å²) >= 11 is 1.71. The molecule has 0 saturated carbocycles. The van der Waals surface area contributed by atoms with E-state index in [1.165, 1.54) is 10.5 Å². The van der Waals surface area contributed by atoms with E-state index in [0.717, 1.165) is 16.0 Å². The summed E-state index contributed by atoms with van der Waals surface area (Å²) in [7, 11) is 0. The Hall–Kier alpha value is -1.54. The van der Waals surface area contributed by atoms with E-state index in [9.17, 15) is 4.79 Å². The maximum atomic E-state index is 12.2. The van der Waals surface area contributed by atoms with Crippen molar-refractivity contribution in [2.45, 2.75) is 23.1 Å². The van der Waals surface area contributed by atoms with Crippen LogP contribution in [0, 0.1) is 6.92 Å². The molecule has 1 heterocycles. The molecular formula is C15H12OS. The highest BCUT2D eigenvalue weighted by Crippen LogP contribution is 2.38. The molecule has 0 aliphatic carbocycles. The van der Waals surface area contributed by atoms with Crippen LogP contribution in [-0.2, 0) is 6.42 Å². The fourth-order valence-corrected chi connectivity index (χ4v) is 3.29. The molecule has 0 saturated heterocycles. The minimum atomic E-state index is 0.223. The van der Waals surface area contributed by atoms with Crippen molar-refractivity contribution in [3.8, 4) is 0 Å². The van der Waals surface area contributed by atoms with Gasteiger partial charge in [-0.15, -0.1) is 0 Å². The van der Waals surface area contributed by atoms with Gasteiger partial charge >= 0.3 is 0 Å². The lowest BCUT2D eigenvalue weighted by Crippen LogP contribution is -2.03. The molecule has 1 aliphatic heterocycles. The summed E-state index contributed by atoms with van der Waals surface area (Å²) in [5, 5.41) is 0. The molecule has 3 rings (SSSR count). The zero-order chi connectivity index (χ0) is 11.8. The van der Waals surface area contributed by atoms with Gasteiger partial charge in [0.05, 0.1) is 0 Å². The van der Waals surface area contributed by atoms with Crippen LogP contribution in [0.25, 0.3) is 0 Å². The van der Waals surface area contributed by atoms with E-state index in [-0.39, 0.29) is 5.78 Å². The van der Waals surface area contributed by atoms with E-state index in [2.05, 4.69) is 19.1 Å². The smallest absolute Gasteiger partial charge is 0.168 e. The van der Waals surface area contributed by atoms with Crippen molar-refractivity contribution in [1.82, 2.24) is 0 Å². The maximum absolute atomic E-state index is 12.2. The van der Waals surface area contributed by atoms with Crippen molar-refractivity contribution in [3.05, 3.63) is 59.2 Å². The van der Waals surface area contributed by atoms with Crippen LogP contribution >= 0.6 is 11.8 Å². The summed E-state index contributed by atoms with van der Waals surface area (Å²) in [5.74, 6) is 0.223. The summed E-state index contributed by atoms with van der Waals surface area (Å²) in [5.41, 5.74) is 3.18. The van der Waals surface area contributed by atoms with Crippen LogP contribution < -0.4 is 0 Å². The minimum Gasteiger partial charge on any atom is -0.294 e. The Kier molecular flexibility index (Phi) is 2.52. The Morgan fingerprint density at radius 2 is 1.88 bits per heavy atom. The second-order valence-electron chi connectivity index (χ2n) is 4.26. The van der Waals surface area contributed by atoms with Crippen LogP contribution in [0.5, 0.6) is 0 Å². The number of fused-ring (bicyclic) bond motifs is 2. The van der Waals surface area contributed by atoms with Crippen LogP contribution in [0.15, 0.2) is 52.3 Å². The Labute approximate surface area is 105 Å². The van der Waals surface area contributed by atoms with Crippen LogP contribution in [0.4, 0.5) is 0 Å². The third-order valence-electron chi connectivity index (χ3n) is 3.05. The normalized spacial score (nSPS) is 13.8. The fraction of sp³-hybridized carbons (Fsp3) is 0.133. The van der Waals surface area contributed by atoms with Crippen LogP contribution in [-0.4, -0.2) is 5.78 Å². The molecule has 0 radical (unpaired) electrons. The number of benzene rings is 2. The number of carbonyl (C=O) groups excluding carboxylic acids is 1. The molecule has 0 spiro atoms. The molecule has 2 aromatic rings. The SMILES string of the molecule is Cc1cccc2c1Sc1ccccc1CC2=O. The molecule has 17 heavy (non-hydrogen) atoms. The Bertz CT molecular complexity index is 602. The number of aryl methyl sites for hydroxylation is 1. The average molecular weight is 240 g/mol. The summed E-state index contributed by atoms with van der Waals surface area (Å²) < 4.78 is 0. The predicted molar refractivity (Wildman–Crippen MR) is 69.8 cm³/mol. The largest absolute Gasteiger partial charge is 0.294 e. The molecule has 0 unspecified atom stereocenters. The quantitative estimate of drug-likeness (QED) is 0.695. The molecule has 0 fully saturated rings. The Morgan fingerprint density at radius 3 is 2.76 bits per heavy atom. The third-order valence-corrected chi connectivity index (χ3v) is 4.41. The molecule has 2 aromatic carbocycles. The highest BCUT2D eigenvalue weighted by Gasteiger charge is 2.20. The first-order valence-corrected chi connectivity index (χ1v) is 6.46. The molecule has 2 heteroatoms. The zero-order valence-corrected chi connectivity index (χ0v) is 10.4. The first kappa shape index (κ1) is 10.6. The molecule has 84 valence electrons. The van der Waals surface area contributed by atoms with Gasteiger partial charge in [-0.05, 0) is 24.1 Å². The van der Waals surface area contributed by atoms with Crippen LogP contribution in [0.2, 0.25) is 0 Å². The van der Waals surface area contributed by atoms with Gasteiger partial charge in [-0.25, -0.2) is 0 Å². The summed E-state index contributed by atoms with van der Waals surface area (Å²) in [6, 6.07) is 14.1. The molecule has 0 N–H and O–H groups in total. The van der Waals surface area contributed by atoms with Crippen molar-refractivity contribution in [1.29, 1.82) is 0 Å². The van der Waals surface area contributed by atoms with Gasteiger partial charge in [0, 0.05) is 21.8 Å². The number of ketones is 1. The van der Waals surface area contributed by atoms with E-state index < -0.39 is 0 Å². The average Bonchev–Trinajstić information content (AvgIpc) is 2.47. The van der Waals surface area contributed by atoms with Gasteiger partial charge in [-0.2, -0.15) is 0 Å². The van der Waals surface area contributed by atoms with Crippen molar-refractivity contribution in [2.24, 2.45) is 0 Å². The number of hydrogen-bond acceptors (Lipinski definition) is 2. The maximum Gasteiger partial charge on any atom is 0.168 e. The highest BCUT2D eigenvalue weighted by molar-refractivity contribution is 7.99. The molecule has 0 amide bonds. The lowest BCUT2D eigenvalue weighted by Gasteiger charge is -2.07. The zero-order valence-electron chi connectivity index (χ0n) is 9.57. The Balaban J connectivity index is 2.22. The molecule has 1 aliphatic rings. The summed E-state index contributed by atoms with van der Waals surface area (Å²) in [4.78, 5) is 14.5. The van der Waals surface area contributed by atoms with E-state index in [4.69, 9.17) is 0 Å². The van der Waals surface area contributed by atoms with Gasteiger partial charge in [-0.1, -0.05) is 48.2 Å². The predicted octanol–water partition coefficient (Wildman–Crippen LogP) is 3.89. The monoisotopic (exact) mass is 240 g/mol. The van der Waals surface area contributed by atoms with Crippen molar-refractivity contribution < 1.29 is 4.79 Å². The Morgan fingerprint density at radius 1 is 1.06 bits per heavy atom.